The molecule has 1 fully saturated rings. The van der Waals surface area contributed by atoms with E-state index in [0.717, 1.165) is 38.5 Å². The number of nitrogens with zero attached hydrogens (tertiary/aromatic N) is 1. The molecule has 0 bridgehead atoms. The van der Waals surface area contributed by atoms with Crippen LogP contribution in [0.2, 0.25) is 0 Å². The molecule has 0 aromatic rings. The summed E-state index contributed by atoms with van der Waals surface area (Å²) in [4.78, 5) is 27.8. The molecule has 9 nitrogen and oxygen atoms in total. The van der Waals surface area contributed by atoms with Gasteiger partial charge in [-0.2, -0.15) is 0 Å². The van der Waals surface area contributed by atoms with Gasteiger partial charge < -0.3 is 34.8 Å². The molecule has 1 rings (SSSR count). The number of amides is 1. The van der Waals surface area contributed by atoms with Crippen molar-refractivity contribution in [1.29, 1.82) is 0 Å². The van der Waals surface area contributed by atoms with E-state index in [1.807, 2.05) is 0 Å². The second-order valence-electron chi connectivity index (χ2n) is 14.3. The standard InChI is InChI=1S/C39H75NO8/c1-4-6-8-10-12-14-15-16-17-18-19-20-22-24-26-28-30-40(33(42)29-27-25-23-21-13-11-9-7-5-2)39-37(46)35(44)36(45)38(48-39)34(43)32(41)31-47-3/h32,35-39,41,44-46H,4-31H2,1-3H3/t32?,35-,36-,37+,38+,39+/m0/s1. The summed E-state index contributed by atoms with van der Waals surface area (Å²) >= 11 is 0. The molecule has 48 heavy (non-hydrogen) atoms. The molecule has 1 heterocycles. The van der Waals surface area contributed by atoms with Crippen molar-refractivity contribution in [3.63, 3.8) is 0 Å². The predicted molar refractivity (Wildman–Crippen MR) is 193 cm³/mol. The second kappa shape index (κ2) is 29.6. The van der Waals surface area contributed by atoms with Gasteiger partial charge in [0.2, 0.25) is 5.91 Å². The molecule has 0 aromatic heterocycles. The number of hydrogen-bond donors (Lipinski definition) is 4. The summed E-state index contributed by atoms with van der Waals surface area (Å²) in [6.45, 7) is 4.50. The molecule has 1 saturated heterocycles. The predicted octanol–water partition coefficient (Wildman–Crippen LogP) is 7.38. The topological polar surface area (TPSA) is 137 Å². The summed E-state index contributed by atoms with van der Waals surface area (Å²) in [7, 11) is 1.33. The Labute approximate surface area is 293 Å². The number of carbonyl (C=O) groups excluding carboxylic acids is 2. The number of aliphatic hydroxyl groups excluding tert-OH is 4. The van der Waals surface area contributed by atoms with Crippen LogP contribution in [0.1, 0.15) is 181 Å². The van der Waals surface area contributed by atoms with Crippen LogP contribution in [-0.4, -0.2) is 94.0 Å². The number of ketones is 1. The largest absolute Gasteiger partial charge is 0.387 e. The molecule has 0 aromatic carbocycles. The van der Waals surface area contributed by atoms with E-state index in [-0.39, 0.29) is 18.9 Å². The van der Waals surface area contributed by atoms with Gasteiger partial charge >= 0.3 is 0 Å². The van der Waals surface area contributed by atoms with Gasteiger partial charge in [-0.15, -0.1) is 0 Å². The fourth-order valence-corrected chi connectivity index (χ4v) is 6.74. The number of Topliss-reactive ketones (excluding diaryl/α,β-unsaturated/α-hetero) is 1. The van der Waals surface area contributed by atoms with E-state index in [2.05, 4.69) is 13.8 Å². The number of carbonyl (C=O) groups is 2. The Kier molecular flexibility index (Phi) is 27.7. The first-order valence-corrected chi connectivity index (χ1v) is 20.0. The molecule has 1 aliphatic heterocycles. The quantitative estimate of drug-likeness (QED) is 0.0539. The first-order valence-electron chi connectivity index (χ1n) is 20.0. The lowest BCUT2D eigenvalue weighted by Gasteiger charge is -2.45. The van der Waals surface area contributed by atoms with Gasteiger partial charge in [0.1, 0.15) is 30.5 Å². The molecule has 9 heteroatoms. The number of unbranched alkanes of at least 4 members (excludes halogenated alkanes) is 23. The molecule has 0 spiro atoms. The van der Waals surface area contributed by atoms with Crippen molar-refractivity contribution >= 4 is 11.7 Å². The lowest BCUT2D eigenvalue weighted by Crippen LogP contribution is -2.66. The van der Waals surface area contributed by atoms with E-state index < -0.39 is 42.5 Å². The van der Waals surface area contributed by atoms with Crippen LogP contribution in [0.15, 0.2) is 0 Å². The highest BCUT2D eigenvalue weighted by atomic mass is 16.6. The maximum absolute atomic E-state index is 13.5. The van der Waals surface area contributed by atoms with E-state index in [9.17, 15) is 30.0 Å². The van der Waals surface area contributed by atoms with Crippen LogP contribution in [0.4, 0.5) is 0 Å². The highest BCUT2D eigenvalue weighted by molar-refractivity contribution is 5.88. The van der Waals surface area contributed by atoms with Gasteiger partial charge in [-0.05, 0) is 12.8 Å². The van der Waals surface area contributed by atoms with Crippen molar-refractivity contribution in [1.82, 2.24) is 4.90 Å². The highest BCUT2D eigenvalue weighted by Crippen LogP contribution is 2.27. The summed E-state index contributed by atoms with van der Waals surface area (Å²) in [6.07, 6.45) is 20.7. The third-order valence-corrected chi connectivity index (χ3v) is 9.90. The monoisotopic (exact) mass is 686 g/mol. The van der Waals surface area contributed by atoms with Crippen molar-refractivity contribution in [3.05, 3.63) is 0 Å². The van der Waals surface area contributed by atoms with Crippen LogP contribution >= 0.6 is 0 Å². The highest BCUT2D eigenvalue weighted by Gasteiger charge is 2.50. The fourth-order valence-electron chi connectivity index (χ4n) is 6.74. The minimum absolute atomic E-state index is 0.199. The van der Waals surface area contributed by atoms with Gasteiger partial charge in [0.15, 0.2) is 12.0 Å². The molecule has 0 aliphatic carbocycles. The normalized spacial score (nSPS) is 21.8. The number of ether oxygens (including phenoxy) is 2. The molecule has 1 amide bonds. The zero-order valence-corrected chi connectivity index (χ0v) is 31.1. The Morgan fingerprint density at radius 1 is 0.604 bits per heavy atom. The second-order valence-corrected chi connectivity index (χ2v) is 14.3. The van der Waals surface area contributed by atoms with Crippen molar-refractivity contribution < 1.29 is 39.5 Å². The van der Waals surface area contributed by atoms with Gasteiger partial charge in [0.25, 0.3) is 0 Å². The Morgan fingerprint density at radius 3 is 1.42 bits per heavy atom. The van der Waals surface area contributed by atoms with Crippen LogP contribution in [-0.2, 0) is 19.1 Å². The van der Waals surface area contributed by atoms with Crippen molar-refractivity contribution in [2.24, 2.45) is 0 Å². The summed E-state index contributed by atoms with van der Waals surface area (Å²) in [5, 5.41) is 42.3. The minimum Gasteiger partial charge on any atom is -0.387 e. The van der Waals surface area contributed by atoms with Crippen LogP contribution in [0.25, 0.3) is 0 Å². The van der Waals surface area contributed by atoms with Crippen molar-refractivity contribution in [3.8, 4) is 0 Å². The average Bonchev–Trinajstić information content (AvgIpc) is 3.08. The van der Waals surface area contributed by atoms with Gasteiger partial charge in [-0.3, -0.25) is 9.59 Å². The van der Waals surface area contributed by atoms with E-state index in [1.165, 1.54) is 121 Å². The van der Waals surface area contributed by atoms with E-state index in [1.54, 1.807) is 0 Å². The number of methoxy groups -OCH3 is 1. The summed E-state index contributed by atoms with van der Waals surface area (Å²) < 4.78 is 10.7. The maximum Gasteiger partial charge on any atom is 0.224 e. The Hall–Kier alpha value is -1.10. The number of aliphatic hydroxyl groups is 4. The van der Waals surface area contributed by atoms with Gasteiger partial charge in [-0.25, -0.2) is 0 Å². The Morgan fingerprint density at radius 2 is 1.00 bits per heavy atom. The van der Waals surface area contributed by atoms with Gasteiger partial charge in [-0.1, -0.05) is 162 Å². The number of hydrogen-bond acceptors (Lipinski definition) is 8. The van der Waals surface area contributed by atoms with Gasteiger partial charge in [0.05, 0.1) is 6.61 Å². The zero-order valence-electron chi connectivity index (χ0n) is 31.1. The van der Waals surface area contributed by atoms with E-state index in [0.29, 0.717) is 19.4 Å². The van der Waals surface area contributed by atoms with Crippen LogP contribution in [0, 0.1) is 0 Å². The van der Waals surface area contributed by atoms with Crippen LogP contribution in [0.5, 0.6) is 0 Å². The lowest BCUT2D eigenvalue weighted by atomic mass is 9.93. The first-order chi connectivity index (χ1) is 23.3. The smallest absolute Gasteiger partial charge is 0.224 e. The Bertz CT molecular complexity index is 783. The van der Waals surface area contributed by atoms with Crippen LogP contribution < -0.4 is 0 Å². The minimum atomic E-state index is -1.74. The zero-order chi connectivity index (χ0) is 35.4. The first kappa shape index (κ1) is 44.9. The average molecular weight is 686 g/mol. The lowest BCUT2D eigenvalue weighted by molar-refractivity contribution is -0.254. The Balaban J connectivity index is 2.56. The molecule has 0 radical (unpaired) electrons. The molecule has 0 saturated carbocycles. The van der Waals surface area contributed by atoms with E-state index in [4.69, 9.17) is 9.47 Å². The molecule has 4 N–H and O–H groups in total. The third-order valence-electron chi connectivity index (χ3n) is 9.90. The fraction of sp³-hybridized carbons (Fsp3) is 0.949. The molecule has 1 aliphatic rings. The third kappa shape index (κ3) is 19.3. The summed E-state index contributed by atoms with van der Waals surface area (Å²) in [5.41, 5.74) is 0. The van der Waals surface area contributed by atoms with Gasteiger partial charge in [0, 0.05) is 20.1 Å². The van der Waals surface area contributed by atoms with E-state index >= 15 is 0 Å². The summed E-state index contributed by atoms with van der Waals surface area (Å²) in [5.74, 6) is -1.05. The van der Waals surface area contributed by atoms with Crippen LogP contribution in [0.3, 0.4) is 0 Å². The molecule has 1 unspecified atom stereocenters. The molecule has 284 valence electrons. The number of rotatable bonds is 32. The molecular formula is C39H75NO8. The van der Waals surface area contributed by atoms with Crippen molar-refractivity contribution in [2.45, 2.75) is 218 Å². The van der Waals surface area contributed by atoms with Crippen molar-refractivity contribution in [2.75, 3.05) is 20.3 Å². The molecular weight excluding hydrogens is 610 g/mol. The maximum atomic E-state index is 13.5. The molecule has 6 atom stereocenters. The summed E-state index contributed by atoms with van der Waals surface area (Å²) in [6, 6.07) is 0. The SMILES string of the molecule is CCCCCCCCCCCCCCCCCCN(C(=O)CCCCCCCCCCC)[C@@H]1O[C@H](C(=O)C(O)COC)[C@@H](O)[C@H](O)[C@H]1O.